The Morgan fingerprint density at radius 1 is 1.19 bits per heavy atom. The molecule has 0 atom stereocenters. The minimum atomic E-state index is 0.0544. The van der Waals surface area contributed by atoms with E-state index >= 15 is 0 Å². The lowest BCUT2D eigenvalue weighted by atomic mass is 10.00. The van der Waals surface area contributed by atoms with E-state index in [0.717, 1.165) is 16.0 Å². The zero-order chi connectivity index (χ0) is 11.7. The Labute approximate surface area is 104 Å². The van der Waals surface area contributed by atoms with Gasteiger partial charge in [-0.2, -0.15) is 0 Å². The van der Waals surface area contributed by atoms with Gasteiger partial charge < -0.3 is 0 Å². The van der Waals surface area contributed by atoms with Crippen LogP contribution in [0, 0.1) is 13.8 Å². The van der Waals surface area contributed by atoms with Crippen molar-refractivity contribution in [3.05, 3.63) is 56.2 Å². The van der Waals surface area contributed by atoms with Crippen LogP contribution in [0.2, 0.25) is 5.02 Å². The fraction of sp³-hybridized carbons (Fsp3) is 0.154. The van der Waals surface area contributed by atoms with E-state index in [1.807, 2.05) is 37.4 Å². The number of rotatable bonds is 2. The third-order valence-corrected chi connectivity index (χ3v) is 3.87. The molecule has 16 heavy (non-hydrogen) atoms. The van der Waals surface area contributed by atoms with E-state index in [9.17, 15) is 4.79 Å². The molecule has 0 fully saturated rings. The fourth-order valence-electron chi connectivity index (χ4n) is 1.62. The third kappa shape index (κ3) is 1.91. The Morgan fingerprint density at radius 3 is 2.56 bits per heavy atom. The van der Waals surface area contributed by atoms with Crippen LogP contribution in [-0.2, 0) is 0 Å². The van der Waals surface area contributed by atoms with E-state index in [4.69, 9.17) is 11.6 Å². The normalized spacial score (nSPS) is 10.4. The molecule has 0 aliphatic carbocycles. The highest BCUT2D eigenvalue weighted by Gasteiger charge is 2.15. The van der Waals surface area contributed by atoms with Gasteiger partial charge in [0.15, 0.2) is 5.78 Å². The van der Waals surface area contributed by atoms with Crippen LogP contribution in [0.25, 0.3) is 0 Å². The second kappa shape index (κ2) is 4.40. The number of halogens is 1. The van der Waals surface area contributed by atoms with E-state index in [0.29, 0.717) is 10.6 Å². The van der Waals surface area contributed by atoms with Crippen molar-refractivity contribution in [1.29, 1.82) is 0 Å². The summed E-state index contributed by atoms with van der Waals surface area (Å²) in [5, 5.41) is 2.57. The lowest BCUT2D eigenvalue weighted by Gasteiger charge is -2.05. The van der Waals surface area contributed by atoms with Gasteiger partial charge in [0.05, 0.1) is 0 Å². The van der Waals surface area contributed by atoms with Crippen molar-refractivity contribution in [2.24, 2.45) is 0 Å². The molecular formula is C13H11ClOS. The number of carbonyl (C=O) groups is 1. The van der Waals surface area contributed by atoms with Crippen LogP contribution in [0.5, 0.6) is 0 Å². The molecule has 0 unspecified atom stereocenters. The fourth-order valence-corrected chi connectivity index (χ4v) is 2.49. The summed E-state index contributed by atoms with van der Waals surface area (Å²) in [5.74, 6) is 0.0544. The van der Waals surface area contributed by atoms with Crippen LogP contribution >= 0.6 is 22.9 Å². The van der Waals surface area contributed by atoms with Gasteiger partial charge in [-0.05, 0) is 36.9 Å². The number of hydrogen-bond donors (Lipinski definition) is 0. The molecule has 0 radical (unpaired) electrons. The average Bonchev–Trinajstić information content (AvgIpc) is 2.68. The number of ketones is 1. The van der Waals surface area contributed by atoms with Crippen LogP contribution in [0.1, 0.15) is 26.4 Å². The number of carbonyl (C=O) groups excluding carboxylic acids is 1. The number of benzene rings is 1. The molecule has 0 saturated carbocycles. The minimum absolute atomic E-state index is 0.0544. The number of thiophene rings is 1. The predicted molar refractivity (Wildman–Crippen MR) is 68.7 cm³/mol. The second-order valence-corrected chi connectivity index (χ2v) is 5.16. The van der Waals surface area contributed by atoms with Gasteiger partial charge in [0.2, 0.25) is 0 Å². The molecule has 1 heterocycles. The molecule has 1 nitrogen and oxygen atoms in total. The van der Waals surface area contributed by atoms with Gasteiger partial charge in [0.1, 0.15) is 0 Å². The highest BCUT2D eigenvalue weighted by Crippen LogP contribution is 2.24. The molecule has 0 aliphatic heterocycles. The van der Waals surface area contributed by atoms with Crippen LogP contribution in [0.4, 0.5) is 0 Å². The Morgan fingerprint density at radius 2 is 1.94 bits per heavy atom. The summed E-state index contributed by atoms with van der Waals surface area (Å²) in [6.45, 7) is 3.83. The summed E-state index contributed by atoms with van der Waals surface area (Å²) in [5.41, 5.74) is 2.31. The van der Waals surface area contributed by atoms with E-state index < -0.39 is 0 Å². The van der Waals surface area contributed by atoms with Crippen LogP contribution in [0.3, 0.4) is 0 Å². The molecule has 1 aromatic carbocycles. The molecule has 2 rings (SSSR count). The van der Waals surface area contributed by atoms with Crippen LogP contribution < -0.4 is 0 Å². The minimum Gasteiger partial charge on any atom is -0.289 e. The summed E-state index contributed by atoms with van der Waals surface area (Å²) in [4.78, 5) is 13.3. The molecule has 0 amide bonds. The first-order chi connectivity index (χ1) is 7.61. The van der Waals surface area contributed by atoms with Crippen LogP contribution in [0.15, 0.2) is 29.6 Å². The van der Waals surface area contributed by atoms with Crippen molar-refractivity contribution < 1.29 is 4.79 Å². The molecule has 1 aromatic heterocycles. The van der Waals surface area contributed by atoms with Gasteiger partial charge in [-0.15, -0.1) is 11.3 Å². The van der Waals surface area contributed by atoms with Crippen molar-refractivity contribution in [1.82, 2.24) is 0 Å². The molecule has 0 spiro atoms. The molecule has 0 bridgehead atoms. The van der Waals surface area contributed by atoms with Gasteiger partial charge in [-0.3, -0.25) is 4.79 Å². The second-order valence-electron chi connectivity index (χ2n) is 3.63. The molecule has 2 aromatic rings. The van der Waals surface area contributed by atoms with Crippen molar-refractivity contribution in [2.75, 3.05) is 0 Å². The lowest BCUT2D eigenvalue weighted by molar-refractivity contribution is 0.103. The standard InChI is InChI=1S/C13H11ClOS/c1-8-10(4-3-5-12(8)14)13(15)11-6-7-16-9(11)2/h3-7H,1-2H3. The molecule has 0 aliphatic rings. The molecular weight excluding hydrogens is 240 g/mol. The molecule has 3 heteroatoms. The Kier molecular flexibility index (Phi) is 3.13. The van der Waals surface area contributed by atoms with E-state index in [2.05, 4.69) is 0 Å². The molecule has 0 N–H and O–H groups in total. The Bertz CT molecular complexity index is 543. The highest BCUT2D eigenvalue weighted by atomic mass is 35.5. The largest absolute Gasteiger partial charge is 0.289 e. The number of hydrogen-bond acceptors (Lipinski definition) is 2. The average molecular weight is 251 g/mol. The molecule has 0 saturated heterocycles. The number of aryl methyl sites for hydroxylation is 1. The van der Waals surface area contributed by atoms with Gasteiger partial charge in [-0.25, -0.2) is 0 Å². The van der Waals surface area contributed by atoms with Crippen molar-refractivity contribution in [2.45, 2.75) is 13.8 Å². The maximum atomic E-state index is 12.2. The summed E-state index contributed by atoms with van der Waals surface area (Å²) in [6, 6.07) is 7.29. The summed E-state index contributed by atoms with van der Waals surface area (Å²) in [7, 11) is 0. The van der Waals surface area contributed by atoms with Gasteiger partial charge >= 0.3 is 0 Å². The predicted octanol–water partition coefficient (Wildman–Crippen LogP) is 4.25. The summed E-state index contributed by atoms with van der Waals surface area (Å²) >= 11 is 7.59. The maximum Gasteiger partial charge on any atom is 0.194 e. The van der Waals surface area contributed by atoms with Gasteiger partial charge in [0.25, 0.3) is 0 Å². The summed E-state index contributed by atoms with van der Waals surface area (Å²) < 4.78 is 0. The van der Waals surface area contributed by atoms with E-state index in [1.54, 1.807) is 17.4 Å². The Balaban J connectivity index is 2.50. The third-order valence-electron chi connectivity index (χ3n) is 2.62. The molecule has 82 valence electrons. The van der Waals surface area contributed by atoms with Crippen molar-refractivity contribution in [3.63, 3.8) is 0 Å². The van der Waals surface area contributed by atoms with Crippen molar-refractivity contribution in [3.8, 4) is 0 Å². The first-order valence-electron chi connectivity index (χ1n) is 4.95. The monoisotopic (exact) mass is 250 g/mol. The Hall–Kier alpha value is -1.12. The first kappa shape index (κ1) is 11.4. The first-order valence-corrected chi connectivity index (χ1v) is 6.21. The van der Waals surface area contributed by atoms with Crippen LogP contribution in [-0.4, -0.2) is 5.78 Å². The zero-order valence-electron chi connectivity index (χ0n) is 9.08. The topological polar surface area (TPSA) is 17.1 Å². The van der Waals surface area contributed by atoms with Gasteiger partial charge in [0, 0.05) is 21.0 Å². The SMILES string of the molecule is Cc1sccc1C(=O)c1cccc(Cl)c1C. The maximum absolute atomic E-state index is 12.2. The zero-order valence-corrected chi connectivity index (χ0v) is 10.7. The highest BCUT2D eigenvalue weighted by molar-refractivity contribution is 7.10. The quantitative estimate of drug-likeness (QED) is 0.729. The van der Waals surface area contributed by atoms with E-state index in [-0.39, 0.29) is 5.78 Å². The van der Waals surface area contributed by atoms with E-state index in [1.165, 1.54) is 0 Å². The van der Waals surface area contributed by atoms with Gasteiger partial charge in [-0.1, -0.05) is 23.7 Å². The van der Waals surface area contributed by atoms with Crippen molar-refractivity contribution >= 4 is 28.7 Å². The lowest BCUT2D eigenvalue weighted by Crippen LogP contribution is -2.03. The smallest absolute Gasteiger partial charge is 0.194 e. The summed E-state index contributed by atoms with van der Waals surface area (Å²) in [6.07, 6.45) is 0.